The number of aromatic nitrogens is 1. The van der Waals surface area contributed by atoms with E-state index in [1.807, 2.05) is 6.20 Å². The molecule has 0 saturated carbocycles. The largest absolute Gasteiger partial charge is 0.378 e. The number of nitrogens with zero attached hydrogens (tertiary/aromatic N) is 1. The second kappa shape index (κ2) is 4.94. The van der Waals surface area contributed by atoms with Crippen LogP contribution >= 0.6 is 15.9 Å². The van der Waals surface area contributed by atoms with Crippen LogP contribution in [0.5, 0.6) is 0 Å². The molecule has 1 unspecified atom stereocenters. The third-order valence-corrected chi connectivity index (χ3v) is 3.13. The summed E-state index contributed by atoms with van der Waals surface area (Å²) in [6.45, 7) is 1.61. The maximum Gasteiger partial charge on any atom is 0.250 e. The lowest BCUT2D eigenvalue weighted by molar-refractivity contribution is 0.100. The molecule has 0 radical (unpaired) electrons. The van der Waals surface area contributed by atoms with Gasteiger partial charge in [-0.3, -0.25) is 4.79 Å². The van der Waals surface area contributed by atoms with E-state index >= 15 is 0 Å². The fraction of sp³-hybridized carbons (Fsp3) is 0.545. The smallest absolute Gasteiger partial charge is 0.250 e. The van der Waals surface area contributed by atoms with Gasteiger partial charge >= 0.3 is 0 Å². The highest BCUT2D eigenvalue weighted by molar-refractivity contribution is 9.10. The molecular weight excluding hydrogens is 258 g/mol. The van der Waals surface area contributed by atoms with Gasteiger partial charge in [0.2, 0.25) is 0 Å². The van der Waals surface area contributed by atoms with Gasteiger partial charge in [0.15, 0.2) is 0 Å². The molecule has 0 aromatic carbocycles. The predicted octanol–water partition coefficient (Wildman–Crippen LogP) is 2.18. The number of rotatable bonds is 3. The molecule has 15 heavy (non-hydrogen) atoms. The second-order valence-corrected chi connectivity index (χ2v) is 4.72. The zero-order valence-electron chi connectivity index (χ0n) is 8.49. The third-order valence-electron chi connectivity index (χ3n) is 2.66. The first-order valence-corrected chi connectivity index (χ1v) is 6.02. The van der Waals surface area contributed by atoms with Crippen LogP contribution in [0.3, 0.4) is 0 Å². The van der Waals surface area contributed by atoms with Gasteiger partial charge in [0, 0.05) is 29.9 Å². The maximum absolute atomic E-state index is 11.5. The molecule has 1 atom stereocenters. The van der Waals surface area contributed by atoms with E-state index in [0.717, 1.165) is 36.9 Å². The van der Waals surface area contributed by atoms with E-state index in [1.165, 1.54) is 0 Å². The molecule has 1 fully saturated rings. The maximum atomic E-state index is 11.5. The molecule has 0 bridgehead atoms. The van der Waals surface area contributed by atoms with Crippen molar-refractivity contribution in [3.63, 3.8) is 0 Å². The molecule has 1 aromatic rings. The van der Waals surface area contributed by atoms with Gasteiger partial charge < -0.3 is 9.30 Å². The van der Waals surface area contributed by atoms with Crippen molar-refractivity contribution in [1.29, 1.82) is 0 Å². The van der Waals surface area contributed by atoms with Gasteiger partial charge in [-0.1, -0.05) is 0 Å². The van der Waals surface area contributed by atoms with Crippen molar-refractivity contribution in [1.82, 2.24) is 4.57 Å². The van der Waals surface area contributed by atoms with Gasteiger partial charge in [0.1, 0.15) is 0 Å². The summed E-state index contributed by atoms with van der Waals surface area (Å²) >= 11 is 3.36. The van der Waals surface area contributed by atoms with Crippen LogP contribution in [0.2, 0.25) is 0 Å². The molecule has 1 aliphatic heterocycles. The highest BCUT2D eigenvalue weighted by atomic mass is 79.9. The van der Waals surface area contributed by atoms with E-state index in [0.29, 0.717) is 6.10 Å². The highest BCUT2D eigenvalue weighted by Gasteiger charge is 2.15. The average Bonchev–Trinajstić information content (AvgIpc) is 2.72. The molecule has 0 amide bonds. The number of pyridine rings is 1. The summed E-state index contributed by atoms with van der Waals surface area (Å²) in [6, 6.07) is 3.35. The van der Waals surface area contributed by atoms with Gasteiger partial charge in [0.25, 0.3) is 5.56 Å². The van der Waals surface area contributed by atoms with Gasteiger partial charge in [-0.15, -0.1) is 0 Å². The predicted molar refractivity (Wildman–Crippen MR) is 62.0 cm³/mol. The Morgan fingerprint density at radius 1 is 1.53 bits per heavy atom. The van der Waals surface area contributed by atoms with Crippen LogP contribution in [0.25, 0.3) is 0 Å². The standard InChI is InChI=1S/C11H14BrNO2/c12-9-3-4-11(14)13(8-9)6-5-10-2-1-7-15-10/h3-4,8,10H,1-2,5-7H2. The minimum atomic E-state index is 0.0520. The molecular formula is C11H14BrNO2. The zero-order chi connectivity index (χ0) is 10.7. The van der Waals surface area contributed by atoms with E-state index in [2.05, 4.69) is 15.9 Å². The van der Waals surface area contributed by atoms with Crippen molar-refractivity contribution in [2.45, 2.75) is 31.9 Å². The van der Waals surface area contributed by atoms with E-state index in [4.69, 9.17) is 4.74 Å². The summed E-state index contributed by atoms with van der Waals surface area (Å²) < 4.78 is 8.18. The van der Waals surface area contributed by atoms with Crippen molar-refractivity contribution < 1.29 is 4.74 Å². The SMILES string of the molecule is O=c1ccc(Br)cn1CCC1CCCO1. The van der Waals surface area contributed by atoms with Crippen LogP contribution in [0, 0.1) is 0 Å². The second-order valence-electron chi connectivity index (χ2n) is 3.80. The molecule has 1 aromatic heterocycles. The van der Waals surface area contributed by atoms with E-state index in [-0.39, 0.29) is 5.56 Å². The molecule has 2 heterocycles. The monoisotopic (exact) mass is 271 g/mol. The molecule has 82 valence electrons. The normalized spacial score (nSPS) is 20.7. The summed E-state index contributed by atoms with van der Waals surface area (Å²) in [5, 5.41) is 0. The van der Waals surface area contributed by atoms with Gasteiger partial charge in [-0.2, -0.15) is 0 Å². The van der Waals surface area contributed by atoms with Crippen molar-refractivity contribution in [2.75, 3.05) is 6.61 Å². The molecule has 2 rings (SSSR count). The van der Waals surface area contributed by atoms with Crippen molar-refractivity contribution in [3.8, 4) is 0 Å². The molecule has 0 N–H and O–H groups in total. The van der Waals surface area contributed by atoms with Crippen LogP contribution in [0.4, 0.5) is 0 Å². The summed E-state index contributed by atoms with van der Waals surface area (Å²) in [5.74, 6) is 0. The number of aryl methyl sites for hydroxylation is 1. The van der Waals surface area contributed by atoms with Crippen molar-refractivity contribution >= 4 is 15.9 Å². The lowest BCUT2D eigenvalue weighted by Gasteiger charge is -2.10. The van der Waals surface area contributed by atoms with E-state index < -0.39 is 0 Å². The first-order chi connectivity index (χ1) is 7.25. The first-order valence-electron chi connectivity index (χ1n) is 5.23. The molecule has 0 spiro atoms. The summed E-state index contributed by atoms with van der Waals surface area (Å²) in [4.78, 5) is 11.5. The first kappa shape index (κ1) is 10.9. The molecule has 0 aliphatic carbocycles. The van der Waals surface area contributed by atoms with Gasteiger partial charge in [-0.05, 0) is 41.3 Å². The van der Waals surface area contributed by atoms with Gasteiger partial charge in [0.05, 0.1) is 6.10 Å². The van der Waals surface area contributed by atoms with Gasteiger partial charge in [-0.25, -0.2) is 0 Å². The fourth-order valence-electron chi connectivity index (χ4n) is 1.83. The number of hydrogen-bond acceptors (Lipinski definition) is 2. The average molecular weight is 272 g/mol. The Morgan fingerprint density at radius 3 is 3.13 bits per heavy atom. The Labute approximate surface area is 97.2 Å². The number of halogens is 1. The van der Waals surface area contributed by atoms with Crippen LogP contribution in [-0.4, -0.2) is 17.3 Å². The Morgan fingerprint density at radius 2 is 2.40 bits per heavy atom. The highest BCUT2D eigenvalue weighted by Crippen LogP contribution is 2.16. The fourth-order valence-corrected chi connectivity index (χ4v) is 2.21. The Balaban J connectivity index is 1.97. The van der Waals surface area contributed by atoms with Crippen LogP contribution in [-0.2, 0) is 11.3 Å². The zero-order valence-corrected chi connectivity index (χ0v) is 10.1. The van der Waals surface area contributed by atoms with Crippen LogP contribution < -0.4 is 5.56 Å². The quantitative estimate of drug-likeness (QED) is 0.844. The Kier molecular flexibility index (Phi) is 3.59. The molecule has 1 aliphatic rings. The minimum absolute atomic E-state index is 0.0520. The molecule has 1 saturated heterocycles. The minimum Gasteiger partial charge on any atom is -0.378 e. The summed E-state index contributed by atoms with van der Waals surface area (Å²) in [7, 11) is 0. The van der Waals surface area contributed by atoms with Crippen LogP contribution in [0.15, 0.2) is 27.6 Å². The molecule has 3 nitrogen and oxygen atoms in total. The lowest BCUT2D eigenvalue weighted by Crippen LogP contribution is -2.21. The lowest BCUT2D eigenvalue weighted by atomic mass is 10.2. The number of hydrogen-bond donors (Lipinski definition) is 0. The van der Waals surface area contributed by atoms with Crippen molar-refractivity contribution in [2.24, 2.45) is 0 Å². The van der Waals surface area contributed by atoms with Crippen LogP contribution in [0.1, 0.15) is 19.3 Å². The third kappa shape index (κ3) is 2.92. The van der Waals surface area contributed by atoms with Crippen molar-refractivity contribution in [3.05, 3.63) is 33.2 Å². The Hall–Kier alpha value is -0.610. The topological polar surface area (TPSA) is 31.2 Å². The number of ether oxygens (including phenoxy) is 1. The summed E-state index contributed by atoms with van der Waals surface area (Å²) in [6.07, 6.45) is 5.38. The Bertz CT molecular complexity index is 382. The van der Waals surface area contributed by atoms with E-state index in [9.17, 15) is 4.79 Å². The molecule has 4 heteroatoms. The van der Waals surface area contributed by atoms with E-state index in [1.54, 1.807) is 16.7 Å². The summed E-state index contributed by atoms with van der Waals surface area (Å²) in [5.41, 5.74) is 0.0520.